The fraction of sp³-hybridized carbons (Fsp3) is 0.345. The molecule has 3 aromatic carbocycles. The summed E-state index contributed by atoms with van der Waals surface area (Å²) in [6.45, 7) is 1.38. The predicted octanol–water partition coefficient (Wildman–Crippen LogP) is 4.69. The van der Waals surface area contributed by atoms with Gasteiger partial charge in [0.25, 0.3) is 0 Å². The molecule has 1 heterocycles. The number of aromatic amines is 1. The summed E-state index contributed by atoms with van der Waals surface area (Å²) in [4.78, 5) is 20.3. The third-order valence-corrected chi connectivity index (χ3v) is 6.12. The molecular weight excluding hydrogens is 534 g/mol. The number of para-hydroxylation sites is 3. The number of ether oxygens (including phenoxy) is 5. The van der Waals surface area contributed by atoms with Crippen molar-refractivity contribution < 1.29 is 43.7 Å². The van der Waals surface area contributed by atoms with Crippen molar-refractivity contribution in [1.29, 1.82) is 0 Å². The molecular formula is C29H35N3O9. The van der Waals surface area contributed by atoms with Crippen molar-refractivity contribution >= 4 is 28.0 Å². The van der Waals surface area contributed by atoms with E-state index in [2.05, 4.69) is 15.1 Å². The van der Waals surface area contributed by atoms with Crippen LogP contribution < -0.4 is 19.5 Å². The maximum atomic E-state index is 12.4. The van der Waals surface area contributed by atoms with Crippen LogP contribution in [-0.4, -0.2) is 79.7 Å². The Kier molecular flexibility index (Phi) is 11.4. The minimum Gasteiger partial charge on any atom is -0.493 e. The molecule has 0 amide bonds. The van der Waals surface area contributed by atoms with E-state index < -0.39 is 12.3 Å². The number of nitrogens with zero attached hydrogens (tertiary/aromatic N) is 1. The molecule has 4 N–H and O–H groups in total. The van der Waals surface area contributed by atoms with Crippen molar-refractivity contribution in [2.24, 2.45) is 0 Å². The van der Waals surface area contributed by atoms with E-state index in [1.165, 1.54) is 0 Å². The van der Waals surface area contributed by atoms with Crippen molar-refractivity contribution in [1.82, 2.24) is 15.7 Å². The van der Waals surface area contributed by atoms with Crippen LogP contribution in [0.2, 0.25) is 0 Å². The Bertz CT molecular complexity index is 1380. The highest BCUT2D eigenvalue weighted by Crippen LogP contribution is 2.33. The smallest absolute Gasteiger partial charge is 0.493 e. The molecule has 220 valence electrons. The highest BCUT2D eigenvalue weighted by atomic mass is 17.1. The summed E-state index contributed by atoms with van der Waals surface area (Å²) in [6, 6.07) is 21.1. The number of rotatable bonds is 17. The molecule has 0 aliphatic rings. The van der Waals surface area contributed by atoms with Gasteiger partial charge in [-0.1, -0.05) is 36.4 Å². The molecule has 0 aliphatic heterocycles. The number of H-pyrrole nitrogens is 1. The first-order valence-electron chi connectivity index (χ1n) is 13.3. The van der Waals surface area contributed by atoms with E-state index in [4.69, 9.17) is 34.1 Å². The first-order valence-corrected chi connectivity index (χ1v) is 13.3. The van der Waals surface area contributed by atoms with Gasteiger partial charge in [-0.05, 0) is 43.2 Å². The number of unbranched alkanes of at least 4 members (excludes halogenated alkanes) is 1. The number of hydrogen-bond acceptors (Lipinski definition) is 11. The second-order valence-corrected chi connectivity index (χ2v) is 9.00. The van der Waals surface area contributed by atoms with E-state index in [0.717, 1.165) is 21.8 Å². The summed E-state index contributed by atoms with van der Waals surface area (Å²) >= 11 is 0. The molecule has 1 aromatic heterocycles. The van der Waals surface area contributed by atoms with Gasteiger partial charge in [0.05, 0.1) is 31.2 Å². The molecule has 0 saturated heterocycles. The Hall–Kier alpha value is -4.07. The molecule has 0 aliphatic carbocycles. The van der Waals surface area contributed by atoms with Crippen LogP contribution in [0.1, 0.15) is 12.8 Å². The topological polar surface area (TPSA) is 144 Å². The van der Waals surface area contributed by atoms with Crippen molar-refractivity contribution in [3.8, 4) is 17.2 Å². The van der Waals surface area contributed by atoms with E-state index in [1.807, 2.05) is 66.7 Å². The highest BCUT2D eigenvalue weighted by Gasteiger charge is 2.18. The number of fused-ring (bicyclic) bond motifs is 3. The monoisotopic (exact) mass is 569 g/mol. The van der Waals surface area contributed by atoms with Gasteiger partial charge in [-0.3, -0.25) is 15.3 Å². The van der Waals surface area contributed by atoms with Crippen LogP contribution in [0, 0.1) is 0 Å². The van der Waals surface area contributed by atoms with Crippen LogP contribution in [0.15, 0.2) is 66.7 Å². The molecule has 0 spiro atoms. The third-order valence-electron chi connectivity index (χ3n) is 6.12. The minimum absolute atomic E-state index is 0.0576. The summed E-state index contributed by atoms with van der Waals surface area (Å²) in [7, 11) is 1.59. The fourth-order valence-electron chi connectivity index (χ4n) is 4.22. The lowest BCUT2D eigenvalue weighted by atomic mass is 10.1. The molecule has 12 heteroatoms. The van der Waals surface area contributed by atoms with Crippen molar-refractivity contribution in [3.63, 3.8) is 0 Å². The van der Waals surface area contributed by atoms with E-state index in [0.29, 0.717) is 49.8 Å². The molecule has 4 aromatic rings. The van der Waals surface area contributed by atoms with Crippen LogP contribution in [-0.2, 0) is 14.3 Å². The van der Waals surface area contributed by atoms with Crippen molar-refractivity contribution in [2.75, 3.05) is 46.6 Å². The number of nitrogens with one attached hydrogen (secondary N) is 2. The summed E-state index contributed by atoms with van der Waals surface area (Å²) < 4.78 is 28.0. The van der Waals surface area contributed by atoms with Gasteiger partial charge in [-0.15, -0.1) is 0 Å². The maximum absolute atomic E-state index is 12.4. The second kappa shape index (κ2) is 15.6. The quantitative estimate of drug-likeness (QED) is 0.0798. The molecule has 0 fully saturated rings. The normalized spacial score (nSPS) is 12.0. The van der Waals surface area contributed by atoms with Crippen LogP contribution in [0.25, 0.3) is 21.8 Å². The van der Waals surface area contributed by atoms with Gasteiger partial charge >= 0.3 is 6.16 Å². The fourth-order valence-corrected chi connectivity index (χ4v) is 4.22. The van der Waals surface area contributed by atoms with Crippen LogP contribution >= 0.6 is 0 Å². The van der Waals surface area contributed by atoms with Crippen molar-refractivity contribution in [2.45, 2.75) is 18.9 Å². The van der Waals surface area contributed by atoms with E-state index >= 15 is 0 Å². The van der Waals surface area contributed by atoms with Gasteiger partial charge in [0.2, 0.25) is 0 Å². The largest absolute Gasteiger partial charge is 0.508 e. The number of carbonyl (C=O) groups is 1. The van der Waals surface area contributed by atoms with Gasteiger partial charge in [0.15, 0.2) is 17.6 Å². The third kappa shape index (κ3) is 8.96. The Labute approximate surface area is 237 Å². The van der Waals surface area contributed by atoms with Gasteiger partial charge in [-0.2, -0.15) is 0 Å². The molecule has 0 radical (unpaired) electrons. The lowest BCUT2D eigenvalue weighted by Gasteiger charge is -2.19. The molecule has 1 atom stereocenters. The number of hydrogen-bond donors (Lipinski definition) is 4. The lowest BCUT2D eigenvalue weighted by Crippen LogP contribution is -2.37. The first kappa shape index (κ1) is 29.9. The molecule has 0 saturated carbocycles. The lowest BCUT2D eigenvalue weighted by molar-refractivity contribution is -0.492. The Balaban J connectivity index is 1.32. The standard InChI is InChI=1S/C29H35N3O9/c1-36-25-12-4-5-13-26(25)37-18-15-30-19-21(41-29(33)38-16-6-7-17-40-32(34)35)20-39-27-14-8-11-24-28(27)22-9-2-3-10-23(22)31-24/h2-5,8-14,21,30-31,34-35H,6-7,15-20H2,1H3. The van der Waals surface area contributed by atoms with Gasteiger partial charge in [0, 0.05) is 29.4 Å². The summed E-state index contributed by atoms with van der Waals surface area (Å²) in [5.74, 6) is 1.95. The zero-order valence-electron chi connectivity index (χ0n) is 22.8. The molecule has 1 unspecified atom stereocenters. The summed E-state index contributed by atoms with van der Waals surface area (Å²) in [5.41, 5.74) is 1.95. The van der Waals surface area contributed by atoms with E-state index in [9.17, 15) is 4.79 Å². The minimum atomic E-state index is -0.831. The van der Waals surface area contributed by atoms with Crippen molar-refractivity contribution in [3.05, 3.63) is 66.7 Å². The predicted molar refractivity (Wildman–Crippen MR) is 149 cm³/mol. The Morgan fingerprint density at radius 3 is 2.44 bits per heavy atom. The number of aromatic nitrogens is 1. The SMILES string of the molecule is COc1ccccc1OCCNCC(COc1cccc2[nH]c3ccccc3c12)OC(=O)OCCCCON(O)O. The van der Waals surface area contributed by atoms with E-state index in [-0.39, 0.29) is 25.2 Å². The Morgan fingerprint density at radius 2 is 1.61 bits per heavy atom. The molecule has 0 bridgehead atoms. The number of benzene rings is 3. The summed E-state index contributed by atoms with van der Waals surface area (Å²) in [5, 5.41) is 22.0. The van der Waals surface area contributed by atoms with Crippen LogP contribution in [0.3, 0.4) is 0 Å². The highest BCUT2D eigenvalue weighted by molar-refractivity contribution is 6.10. The maximum Gasteiger partial charge on any atom is 0.508 e. The zero-order chi connectivity index (χ0) is 28.9. The average Bonchev–Trinajstić information content (AvgIpc) is 3.36. The molecule has 41 heavy (non-hydrogen) atoms. The van der Waals surface area contributed by atoms with Gasteiger partial charge < -0.3 is 34.0 Å². The number of methoxy groups -OCH3 is 1. The van der Waals surface area contributed by atoms with Crippen LogP contribution in [0.5, 0.6) is 17.2 Å². The average molecular weight is 570 g/mol. The first-order chi connectivity index (χ1) is 20.0. The van der Waals surface area contributed by atoms with E-state index in [1.54, 1.807) is 7.11 Å². The van der Waals surface area contributed by atoms with Crippen LogP contribution in [0.4, 0.5) is 4.79 Å². The molecule has 12 nitrogen and oxygen atoms in total. The van der Waals surface area contributed by atoms with Gasteiger partial charge in [-0.25, -0.2) is 4.79 Å². The van der Waals surface area contributed by atoms with Gasteiger partial charge in [0.1, 0.15) is 19.0 Å². The molecule has 4 rings (SSSR count). The second-order valence-electron chi connectivity index (χ2n) is 9.00. The number of carbonyl (C=O) groups excluding carboxylic acids is 1. The Morgan fingerprint density at radius 1 is 0.878 bits per heavy atom. The summed E-state index contributed by atoms with van der Waals surface area (Å²) in [6.07, 6.45) is -0.594. The zero-order valence-corrected chi connectivity index (χ0v) is 22.8.